The van der Waals surface area contributed by atoms with Crippen molar-refractivity contribution < 1.29 is 0 Å². The van der Waals surface area contributed by atoms with Gasteiger partial charge < -0.3 is 5.32 Å². The standard InChI is InChI=1S/C13H27N/c1-5-6-7-8-9-10-12(2)13(3)11-14-4/h5,12-14H,1,6-11H2,2-4H3. The van der Waals surface area contributed by atoms with Gasteiger partial charge in [-0.05, 0) is 38.3 Å². The van der Waals surface area contributed by atoms with Gasteiger partial charge in [-0.3, -0.25) is 0 Å². The zero-order chi connectivity index (χ0) is 10.8. The number of hydrogen-bond acceptors (Lipinski definition) is 1. The molecule has 2 atom stereocenters. The molecule has 0 aromatic rings. The van der Waals surface area contributed by atoms with Gasteiger partial charge >= 0.3 is 0 Å². The van der Waals surface area contributed by atoms with Crippen LogP contribution >= 0.6 is 0 Å². The Morgan fingerprint density at radius 1 is 1.14 bits per heavy atom. The summed E-state index contributed by atoms with van der Waals surface area (Å²) in [6.07, 6.45) is 8.63. The van der Waals surface area contributed by atoms with E-state index >= 15 is 0 Å². The minimum absolute atomic E-state index is 0.805. The average Bonchev–Trinajstić information content (AvgIpc) is 2.17. The zero-order valence-electron chi connectivity index (χ0n) is 10.2. The summed E-state index contributed by atoms with van der Waals surface area (Å²) < 4.78 is 0. The van der Waals surface area contributed by atoms with Crippen LogP contribution in [0.1, 0.15) is 46.0 Å². The average molecular weight is 197 g/mol. The highest BCUT2D eigenvalue weighted by atomic mass is 14.8. The number of hydrogen-bond donors (Lipinski definition) is 1. The van der Waals surface area contributed by atoms with E-state index in [4.69, 9.17) is 0 Å². The second-order valence-corrected chi connectivity index (χ2v) is 4.44. The first-order valence-electron chi connectivity index (χ1n) is 5.97. The lowest BCUT2D eigenvalue weighted by molar-refractivity contribution is 0.344. The highest BCUT2D eigenvalue weighted by Gasteiger charge is 2.10. The molecule has 1 nitrogen and oxygen atoms in total. The van der Waals surface area contributed by atoms with Gasteiger partial charge in [0.25, 0.3) is 0 Å². The van der Waals surface area contributed by atoms with Crippen molar-refractivity contribution in [3.63, 3.8) is 0 Å². The minimum atomic E-state index is 0.805. The maximum absolute atomic E-state index is 3.74. The quantitative estimate of drug-likeness (QED) is 0.440. The van der Waals surface area contributed by atoms with Crippen molar-refractivity contribution in [3.8, 4) is 0 Å². The topological polar surface area (TPSA) is 12.0 Å². The van der Waals surface area contributed by atoms with E-state index in [0.29, 0.717) is 0 Å². The zero-order valence-corrected chi connectivity index (χ0v) is 10.2. The summed E-state index contributed by atoms with van der Waals surface area (Å²) in [7, 11) is 2.04. The molecule has 0 aromatic carbocycles. The predicted octanol–water partition coefficient (Wildman–Crippen LogP) is 3.61. The first-order chi connectivity index (χ1) is 6.72. The van der Waals surface area contributed by atoms with E-state index < -0.39 is 0 Å². The molecular weight excluding hydrogens is 170 g/mol. The van der Waals surface area contributed by atoms with E-state index in [-0.39, 0.29) is 0 Å². The van der Waals surface area contributed by atoms with Crippen LogP contribution in [-0.2, 0) is 0 Å². The van der Waals surface area contributed by atoms with Crippen LogP contribution in [0.5, 0.6) is 0 Å². The van der Waals surface area contributed by atoms with Crippen LogP contribution in [0.15, 0.2) is 12.7 Å². The Labute approximate surface area is 90.0 Å². The van der Waals surface area contributed by atoms with Gasteiger partial charge in [0, 0.05) is 0 Å². The molecular formula is C13H27N. The van der Waals surface area contributed by atoms with Crippen LogP contribution in [0.4, 0.5) is 0 Å². The molecule has 14 heavy (non-hydrogen) atoms. The molecule has 0 bridgehead atoms. The van der Waals surface area contributed by atoms with E-state index in [2.05, 4.69) is 25.7 Å². The molecule has 2 unspecified atom stereocenters. The number of nitrogens with one attached hydrogen (secondary N) is 1. The first-order valence-corrected chi connectivity index (χ1v) is 5.97. The lowest BCUT2D eigenvalue weighted by Crippen LogP contribution is -2.21. The highest BCUT2D eigenvalue weighted by molar-refractivity contribution is 4.67. The smallest absolute Gasteiger partial charge is 0.00236 e. The predicted molar refractivity (Wildman–Crippen MR) is 65.5 cm³/mol. The van der Waals surface area contributed by atoms with Crippen LogP contribution in [0.2, 0.25) is 0 Å². The van der Waals surface area contributed by atoms with Gasteiger partial charge in [-0.2, -0.15) is 0 Å². The van der Waals surface area contributed by atoms with Crippen molar-refractivity contribution >= 4 is 0 Å². The SMILES string of the molecule is C=CCCCCCC(C)C(C)CNC. The van der Waals surface area contributed by atoms with Gasteiger partial charge in [0.2, 0.25) is 0 Å². The Hall–Kier alpha value is -0.300. The maximum Gasteiger partial charge on any atom is -0.00236 e. The third-order valence-electron chi connectivity index (χ3n) is 3.07. The fourth-order valence-electron chi connectivity index (χ4n) is 1.74. The first kappa shape index (κ1) is 13.7. The summed E-state index contributed by atoms with van der Waals surface area (Å²) in [5.74, 6) is 1.66. The van der Waals surface area contributed by atoms with E-state index in [1.807, 2.05) is 13.1 Å². The summed E-state index contributed by atoms with van der Waals surface area (Å²) in [6.45, 7) is 9.59. The molecule has 0 saturated heterocycles. The summed E-state index contributed by atoms with van der Waals surface area (Å²) in [6, 6.07) is 0. The number of rotatable bonds is 9. The van der Waals surface area contributed by atoms with Crippen LogP contribution in [0, 0.1) is 11.8 Å². The fourth-order valence-corrected chi connectivity index (χ4v) is 1.74. The van der Waals surface area contributed by atoms with E-state index in [1.54, 1.807) is 0 Å². The van der Waals surface area contributed by atoms with Crippen LogP contribution in [0.3, 0.4) is 0 Å². The highest BCUT2D eigenvalue weighted by Crippen LogP contribution is 2.18. The van der Waals surface area contributed by atoms with Crippen molar-refractivity contribution in [2.75, 3.05) is 13.6 Å². The summed E-state index contributed by atoms with van der Waals surface area (Å²) in [5, 5.41) is 3.25. The van der Waals surface area contributed by atoms with Gasteiger partial charge in [-0.15, -0.1) is 6.58 Å². The largest absolute Gasteiger partial charge is 0.319 e. The third kappa shape index (κ3) is 7.14. The number of unbranched alkanes of at least 4 members (excludes halogenated alkanes) is 3. The number of allylic oxidation sites excluding steroid dienone is 1. The lowest BCUT2D eigenvalue weighted by atomic mass is 9.90. The molecule has 0 rings (SSSR count). The van der Waals surface area contributed by atoms with Gasteiger partial charge in [0.05, 0.1) is 0 Å². The monoisotopic (exact) mass is 197 g/mol. The second-order valence-electron chi connectivity index (χ2n) is 4.44. The minimum Gasteiger partial charge on any atom is -0.319 e. The third-order valence-corrected chi connectivity index (χ3v) is 3.07. The molecule has 0 heterocycles. The second kappa shape index (κ2) is 9.26. The van der Waals surface area contributed by atoms with Crippen molar-refractivity contribution in [2.45, 2.75) is 46.0 Å². The molecule has 0 amide bonds. The van der Waals surface area contributed by atoms with E-state index in [9.17, 15) is 0 Å². The molecule has 0 aliphatic rings. The van der Waals surface area contributed by atoms with Gasteiger partial charge in [-0.25, -0.2) is 0 Å². The molecule has 84 valence electrons. The molecule has 0 aliphatic heterocycles. The Kier molecular flexibility index (Phi) is 9.06. The van der Waals surface area contributed by atoms with Crippen LogP contribution in [0.25, 0.3) is 0 Å². The Morgan fingerprint density at radius 2 is 1.86 bits per heavy atom. The van der Waals surface area contributed by atoms with Crippen molar-refractivity contribution in [3.05, 3.63) is 12.7 Å². The molecule has 1 heteroatoms. The van der Waals surface area contributed by atoms with Gasteiger partial charge in [-0.1, -0.05) is 39.2 Å². The maximum atomic E-state index is 3.74. The Morgan fingerprint density at radius 3 is 2.43 bits per heavy atom. The molecule has 1 N–H and O–H groups in total. The van der Waals surface area contributed by atoms with Crippen LogP contribution < -0.4 is 5.32 Å². The summed E-state index contributed by atoms with van der Waals surface area (Å²) >= 11 is 0. The molecule has 0 aliphatic carbocycles. The van der Waals surface area contributed by atoms with Crippen molar-refractivity contribution in [1.29, 1.82) is 0 Å². The fraction of sp³-hybridized carbons (Fsp3) is 0.846. The van der Waals surface area contributed by atoms with E-state index in [0.717, 1.165) is 18.4 Å². The molecule has 0 saturated carbocycles. The van der Waals surface area contributed by atoms with Crippen LogP contribution in [-0.4, -0.2) is 13.6 Å². The summed E-state index contributed by atoms with van der Waals surface area (Å²) in [5.41, 5.74) is 0. The summed E-state index contributed by atoms with van der Waals surface area (Å²) in [4.78, 5) is 0. The molecule has 0 spiro atoms. The normalized spacial score (nSPS) is 15.1. The molecule has 0 aromatic heterocycles. The Balaban J connectivity index is 3.33. The van der Waals surface area contributed by atoms with Crippen molar-refractivity contribution in [2.24, 2.45) is 11.8 Å². The lowest BCUT2D eigenvalue weighted by Gasteiger charge is -2.19. The van der Waals surface area contributed by atoms with Crippen molar-refractivity contribution in [1.82, 2.24) is 5.32 Å². The Bertz CT molecular complexity index is 131. The van der Waals surface area contributed by atoms with E-state index in [1.165, 1.54) is 32.1 Å². The molecule has 0 fully saturated rings. The van der Waals surface area contributed by atoms with Gasteiger partial charge in [0.1, 0.15) is 0 Å². The van der Waals surface area contributed by atoms with Gasteiger partial charge in [0.15, 0.2) is 0 Å². The molecule has 0 radical (unpaired) electrons.